The summed E-state index contributed by atoms with van der Waals surface area (Å²) in [7, 11) is 1.62. The number of amides is 2. The number of thiazole rings is 1. The van der Waals surface area contributed by atoms with Crippen LogP contribution in [0.3, 0.4) is 0 Å². The highest BCUT2D eigenvalue weighted by atomic mass is 35.5. The highest BCUT2D eigenvalue weighted by Gasteiger charge is 2.56. The number of nitrogens with zero attached hydrogens (tertiary/aromatic N) is 3. The first-order chi connectivity index (χ1) is 11.6. The average Bonchev–Trinajstić information content (AvgIpc) is 3.20. The zero-order valence-electron chi connectivity index (χ0n) is 12.7. The maximum absolute atomic E-state index is 13.1. The molecule has 122 valence electrons. The van der Waals surface area contributed by atoms with Crippen molar-refractivity contribution in [2.24, 2.45) is 0 Å². The Morgan fingerprint density at radius 3 is 2.75 bits per heavy atom. The van der Waals surface area contributed by atoms with Gasteiger partial charge in [-0.25, -0.2) is 14.6 Å². The fourth-order valence-electron chi connectivity index (χ4n) is 3.03. The van der Waals surface area contributed by atoms with E-state index >= 15 is 0 Å². The molecule has 1 aromatic heterocycles. The predicted molar refractivity (Wildman–Crippen MR) is 88.0 cm³/mol. The number of hydrogen-bond donors (Lipinski definition) is 0. The Morgan fingerprint density at radius 1 is 1.33 bits per heavy atom. The number of ether oxygens (including phenoxy) is 1. The number of fused-ring (bicyclic) bond motifs is 1. The number of carbonyl (C=O) groups is 2. The number of carbonyl (C=O) groups excluding carboxylic acids is 2. The molecule has 2 atom stereocenters. The van der Waals surface area contributed by atoms with E-state index in [0.29, 0.717) is 10.0 Å². The van der Waals surface area contributed by atoms with E-state index in [0.717, 1.165) is 4.88 Å². The maximum atomic E-state index is 13.1. The van der Waals surface area contributed by atoms with E-state index in [4.69, 9.17) is 16.3 Å². The molecule has 4 rings (SSSR count). The van der Waals surface area contributed by atoms with Gasteiger partial charge in [0.2, 0.25) is 0 Å². The van der Waals surface area contributed by atoms with Crippen molar-refractivity contribution in [2.45, 2.75) is 12.0 Å². The van der Waals surface area contributed by atoms with Gasteiger partial charge in [-0.2, -0.15) is 9.48 Å². The van der Waals surface area contributed by atoms with Gasteiger partial charge in [-0.15, -0.1) is 11.3 Å². The minimum absolute atomic E-state index is 0.270. The van der Waals surface area contributed by atoms with Crippen LogP contribution in [0.1, 0.15) is 22.4 Å². The van der Waals surface area contributed by atoms with Crippen LogP contribution in [0.5, 0.6) is 0 Å². The summed E-state index contributed by atoms with van der Waals surface area (Å²) in [4.78, 5) is 32.2. The van der Waals surface area contributed by atoms with Crippen molar-refractivity contribution in [3.05, 3.63) is 51.4 Å². The zero-order chi connectivity index (χ0) is 16.8. The predicted octanol–water partition coefficient (Wildman–Crippen LogP) is 2.02. The smallest absolute Gasteiger partial charge is 0.426 e. The van der Waals surface area contributed by atoms with Gasteiger partial charge in [0.05, 0.1) is 11.9 Å². The van der Waals surface area contributed by atoms with Crippen molar-refractivity contribution in [3.8, 4) is 0 Å². The Morgan fingerprint density at radius 2 is 2.08 bits per heavy atom. The van der Waals surface area contributed by atoms with Crippen LogP contribution in [0, 0.1) is 0 Å². The molecule has 2 aliphatic heterocycles. The van der Waals surface area contributed by atoms with E-state index in [1.165, 1.54) is 15.9 Å². The Balaban J connectivity index is 1.79. The largest absolute Gasteiger partial charge is 0.462 e. The van der Waals surface area contributed by atoms with Crippen molar-refractivity contribution < 1.29 is 18.9 Å². The van der Waals surface area contributed by atoms with E-state index < -0.39 is 5.92 Å². The molecule has 0 N–H and O–H groups in total. The number of halogens is 1. The van der Waals surface area contributed by atoms with Crippen LogP contribution in [-0.4, -0.2) is 46.0 Å². The Kier molecular flexibility index (Phi) is 3.62. The normalized spacial score (nSPS) is 23.5. The first kappa shape index (κ1) is 15.3. The second-order valence-electron chi connectivity index (χ2n) is 5.57. The van der Waals surface area contributed by atoms with Crippen LogP contribution in [0.25, 0.3) is 0 Å². The van der Waals surface area contributed by atoms with Gasteiger partial charge in [0.15, 0.2) is 16.4 Å². The lowest BCUT2D eigenvalue weighted by atomic mass is 9.95. The standard InChI is InChI=1S/C16H13ClN3O3S/c1-19-13(21)12(9-5-3-2-4-6-9)14(22)20-10(8-23-16(19)20)11-7-18-15(17)24-11/h2-7,10,12H,8H2,1H3/q+1. The Hall–Kier alpha value is -2.25. The van der Waals surface area contributed by atoms with Crippen LogP contribution in [0.2, 0.25) is 4.47 Å². The molecule has 2 unspecified atom stereocenters. The van der Waals surface area contributed by atoms with E-state index in [9.17, 15) is 9.59 Å². The highest BCUT2D eigenvalue weighted by Crippen LogP contribution is 2.37. The summed E-state index contributed by atoms with van der Waals surface area (Å²) in [6.45, 7) is 0.277. The Bertz CT molecular complexity index is 864. The van der Waals surface area contributed by atoms with Crippen molar-refractivity contribution in [1.82, 2.24) is 9.88 Å². The molecule has 3 heterocycles. The first-order valence-electron chi connectivity index (χ1n) is 7.34. The molecular weight excluding hydrogens is 350 g/mol. The van der Waals surface area contributed by atoms with Gasteiger partial charge in [0.1, 0.15) is 6.61 Å². The summed E-state index contributed by atoms with van der Waals surface area (Å²) in [6.07, 6.45) is 1.64. The quantitative estimate of drug-likeness (QED) is 0.605. The summed E-state index contributed by atoms with van der Waals surface area (Å²) in [5.74, 6) is -1.45. The second-order valence-corrected chi connectivity index (χ2v) is 7.22. The minimum Gasteiger partial charge on any atom is -0.426 e. The highest BCUT2D eigenvalue weighted by molar-refractivity contribution is 7.15. The van der Waals surface area contributed by atoms with Crippen molar-refractivity contribution in [1.29, 1.82) is 0 Å². The lowest BCUT2D eigenvalue weighted by Gasteiger charge is -2.23. The summed E-state index contributed by atoms with van der Waals surface area (Å²) in [6, 6.07) is 9.00. The maximum Gasteiger partial charge on any atom is 0.462 e. The molecule has 1 aromatic carbocycles. The number of hydrogen-bond acceptors (Lipinski definition) is 5. The molecule has 0 radical (unpaired) electrons. The van der Waals surface area contributed by atoms with Crippen molar-refractivity contribution in [3.63, 3.8) is 0 Å². The molecule has 1 fully saturated rings. The lowest BCUT2D eigenvalue weighted by Crippen LogP contribution is -2.51. The minimum atomic E-state index is -0.868. The first-order valence-corrected chi connectivity index (χ1v) is 8.54. The van der Waals surface area contributed by atoms with Gasteiger partial charge in [-0.3, -0.25) is 0 Å². The van der Waals surface area contributed by atoms with Crippen LogP contribution in [0.4, 0.5) is 0 Å². The number of amidine groups is 1. The van der Waals surface area contributed by atoms with Gasteiger partial charge >= 0.3 is 17.8 Å². The zero-order valence-corrected chi connectivity index (χ0v) is 14.3. The third-order valence-corrected chi connectivity index (χ3v) is 5.41. The number of aromatic nitrogens is 1. The lowest BCUT2D eigenvalue weighted by molar-refractivity contribution is -0.436. The molecule has 1 saturated heterocycles. The number of rotatable bonds is 2. The molecule has 2 aromatic rings. The Labute approximate surface area is 146 Å². The molecule has 0 bridgehead atoms. The fourth-order valence-corrected chi connectivity index (χ4v) is 4.06. The molecule has 0 saturated carbocycles. The SMILES string of the molecule is C[N+]1=C2OCC(c3cnc(Cl)s3)N2C(=O)C(c2ccccc2)C1=O. The monoisotopic (exact) mass is 362 g/mol. The van der Waals surface area contributed by atoms with E-state index in [1.54, 1.807) is 30.3 Å². The van der Waals surface area contributed by atoms with E-state index in [-0.39, 0.29) is 30.5 Å². The van der Waals surface area contributed by atoms with Gasteiger partial charge < -0.3 is 4.74 Å². The van der Waals surface area contributed by atoms with Crippen molar-refractivity contribution >= 4 is 40.8 Å². The van der Waals surface area contributed by atoms with Gasteiger partial charge in [0, 0.05) is 6.20 Å². The van der Waals surface area contributed by atoms with Gasteiger partial charge in [-0.1, -0.05) is 41.9 Å². The second kappa shape index (κ2) is 5.68. The summed E-state index contributed by atoms with van der Waals surface area (Å²) in [5, 5.41) is 0. The van der Waals surface area contributed by atoms with Crippen molar-refractivity contribution in [2.75, 3.05) is 13.7 Å². The molecule has 8 heteroatoms. The van der Waals surface area contributed by atoms with Crippen LogP contribution in [0.15, 0.2) is 36.5 Å². The van der Waals surface area contributed by atoms with Gasteiger partial charge in [-0.05, 0) is 5.56 Å². The molecule has 2 amide bonds. The molecule has 24 heavy (non-hydrogen) atoms. The summed E-state index contributed by atoms with van der Waals surface area (Å²) < 4.78 is 7.45. The summed E-state index contributed by atoms with van der Waals surface area (Å²) >= 11 is 7.22. The van der Waals surface area contributed by atoms with E-state index in [2.05, 4.69) is 4.98 Å². The molecule has 2 aliphatic rings. The fraction of sp³-hybridized carbons (Fsp3) is 0.250. The van der Waals surface area contributed by atoms with Gasteiger partial charge in [0.25, 0.3) is 0 Å². The van der Waals surface area contributed by atoms with Crippen LogP contribution >= 0.6 is 22.9 Å². The number of likely N-dealkylation sites (N-methyl/N-ethyl adjacent to an activating group) is 1. The van der Waals surface area contributed by atoms with Crippen LogP contribution < -0.4 is 0 Å². The summed E-state index contributed by atoms with van der Waals surface area (Å²) in [5.41, 5.74) is 0.673. The molecule has 0 spiro atoms. The third kappa shape index (κ3) is 2.23. The molecular formula is C16H13ClN3O3S+. The molecule has 0 aliphatic carbocycles. The van der Waals surface area contributed by atoms with Crippen LogP contribution in [-0.2, 0) is 14.3 Å². The molecule has 6 nitrogen and oxygen atoms in total. The third-order valence-electron chi connectivity index (χ3n) is 4.19. The van der Waals surface area contributed by atoms with E-state index in [1.807, 2.05) is 18.2 Å². The number of benzene rings is 1. The topological polar surface area (TPSA) is 62.5 Å². The average molecular weight is 363 g/mol.